The molecular weight excluding hydrogens is 331 g/mol. The summed E-state index contributed by atoms with van der Waals surface area (Å²) < 4.78 is 46.4. The maximum Gasteiger partial charge on any atom is 0.416 e. The highest BCUT2D eigenvalue weighted by Crippen LogP contribution is 2.34. The molecule has 0 saturated carbocycles. The van der Waals surface area contributed by atoms with Gasteiger partial charge in [-0.15, -0.1) is 0 Å². The average Bonchev–Trinajstić information content (AvgIpc) is 3.20. The number of nitrogens with zero attached hydrogens (tertiary/aromatic N) is 2. The van der Waals surface area contributed by atoms with E-state index in [1.807, 2.05) is 12.1 Å². The summed E-state index contributed by atoms with van der Waals surface area (Å²) in [5.41, 5.74) is 0.277. The third kappa shape index (κ3) is 2.93. The van der Waals surface area contributed by atoms with Crippen LogP contribution in [0.2, 0.25) is 0 Å². The zero-order valence-electron chi connectivity index (χ0n) is 13.7. The third-order valence-corrected chi connectivity index (χ3v) is 4.80. The summed E-state index contributed by atoms with van der Waals surface area (Å²) in [5.74, 6) is 2.41. The molecule has 2 aromatic heterocycles. The van der Waals surface area contributed by atoms with Gasteiger partial charge in [-0.3, -0.25) is 0 Å². The second kappa shape index (κ2) is 5.91. The summed E-state index contributed by atoms with van der Waals surface area (Å²) in [5, 5.41) is 3.32. The Bertz CT molecular complexity index is 904. The molecule has 1 fully saturated rings. The van der Waals surface area contributed by atoms with Crippen LogP contribution in [-0.4, -0.2) is 22.6 Å². The number of fused-ring (bicyclic) bond motifs is 1. The highest BCUT2D eigenvalue weighted by molar-refractivity contribution is 5.80. The average molecular weight is 349 g/mol. The Morgan fingerprint density at radius 2 is 1.92 bits per heavy atom. The van der Waals surface area contributed by atoms with Gasteiger partial charge in [-0.05, 0) is 56.3 Å². The lowest BCUT2D eigenvalue weighted by atomic mass is 9.96. The number of halogens is 3. The van der Waals surface area contributed by atoms with Gasteiger partial charge in [0.2, 0.25) is 0 Å². The highest BCUT2D eigenvalue weighted by atomic mass is 19.4. The molecule has 7 heteroatoms. The molecule has 0 amide bonds. The number of benzene rings is 1. The second-order valence-electron chi connectivity index (χ2n) is 6.42. The van der Waals surface area contributed by atoms with E-state index >= 15 is 0 Å². The third-order valence-electron chi connectivity index (χ3n) is 4.80. The molecule has 0 bridgehead atoms. The van der Waals surface area contributed by atoms with Crippen molar-refractivity contribution in [2.24, 2.45) is 7.05 Å². The van der Waals surface area contributed by atoms with E-state index in [0.717, 1.165) is 43.8 Å². The van der Waals surface area contributed by atoms with Crippen LogP contribution in [0.3, 0.4) is 0 Å². The lowest BCUT2D eigenvalue weighted by molar-refractivity contribution is -0.137. The molecule has 1 aliphatic rings. The molecule has 3 aromatic rings. The van der Waals surface area contributed by atoms with E-state index in [2.05, 4.69) is 10.3 Å². The Morgan fingerprint density at radius 1 is 1.16 bits per heavy atom. The predicted octanol–water partition coefficient (Wildman–Crippen LogP) is 4.32. The topological polar surface area (TPSA) is 43.0 Å². The number of hydrogen-bond acceptors (Lipinski definition) is 3. The zero-order chi connectivity index (χ0) is 17.6. The first kappa shape index (κ1) is 16.2. The standard InChI is InChI=1S/C18H18F3N3O/c1-24-14-10-12(18(19,20)21)2-3-13(14)23-17(24)16-5-4-15(25-16)11-6-8-22-9-7-11/h2-5,10-11,22H,6-9H2,1H3. The van der Waals surface area contributed by atoms with E-state index in [1.165, 1.54) is 6.07 Å². The van der Waals surface area contributed by atoms with Crippen LogP contribution < -0.4 is 5.32 Å². The largest absolute Gasteiger partial charge is 0.458 e. The molecule has 4 nitrogen and oxygen atoms in total. The maximum atomic E-state index is 12.9. The molecular formula is C18H18F3N3O. The summed E-state index contributed by atoms with van der Waals surface area (Å²) in [7, 11) is 1.71. The van der Waals surface area contributed by atoms with Crippen LogP contribution in [0, 0.1) is 0 Å². The van der Waals surface area contributed by atoms with Crippen LogP contribution in [-0.2, 0) is 13.2 Å². The number of rotatable bonds is 2. The summed E-state index contributed by atoms with van der Waals surface area (Å²) in [6.07, 6.45) is -2.33. The van der Waals surface area contributed by atoms with Crippen molar-refractivity contribution in [2.75, 3.05) is 13.1 Å². The van der Waals surface area contributed by atoms with Crippen LogP contribution >= 0.6 is 0 Å². The van der Waals surface area contributed by atoms with Gasteiger partial charge in [0.1, 0.15) is 5.76 Å². The van der Waals surface area contributed by atoms with Crippen molar-refractivity contribution in [1.82, 2.24) is 14.9 Å². The number of piperidine rings is 1. The fraction of sp³-hybridized carbons (Fsp3) is 0.389. The van der Waals surface area contributed by atoms with Crippen molar-refractivity contribution < 1.29 is 17.6 Å². The van der Waals surface area contributed by atoms with Gasteiger partial charge >= 0.3 is 6.18 Å². The van der Waals surface area contributed by atoms with E-state index in [4.69, 9.17) is 4.42 Å². The summed E-state index contributed by atoms with van der Waals surface area (Å²) >= 11 is 0. The monoisotopic (exact) mass is 349 g/mol. The number of hydrogen-bond donors (Lipinski definition) is 1. The molecule has 3 heterocycles. The van der Waals surface area contributed by atoms with E-state index < -0.39 is 11.7 Å². The second-order valence-corrected chi connectivity index (χ2v) is 6.42. The van der Waals surface area contributed by atoms with Gasteiger partial charge in [0.05, 0.1) is 16.6 Å². The molecule has 0 aliphatic carbocycles. The number of aryl methyl sites for hydroxylation is 1. The Labute approximate surface area is 142 Å². The van der Waals surface area contributed by atoms with Crippen LogP contribution in [0.4, 0.5) is 13.2 Å². The number of furan rings is 1. The molecule has 1 aliphatic heterocycles. The zero-order valence-corrected chi connectivity index (χ0v) is 13.7. The Balaban J connectivity index is 1.72. The smallest absolute Gasteiger partial charge is 0.416 e. The minimum Gasteiger partial charge on any atom is -0.458 e. The number of imidazole rings is 1. The molecule has 0 spiro atoms. The van der Waals surface area contributed by atoms with Crippen LogP contribution in [0.5, 0.6) is 0 Å². The SMILES string of the molecule is Cn1c(-c2ccc(C3CCNCC3)o2)nc2ccc(C(F)(F)F)cc21. The molecule has 0 unspecified atom stereocenters. The normalized spacial score (nSPS) is 16.6. The molecule has 0 atom stereocenters. The van der Waals surface area contributed by atoms with Crippen molar-refractivity contribution in [1.29, 1.82) is 0 Å². The molecule has 132 valence electrons. The quantitative estimate of drug-likeness (QED) is 0.749. The summed E-state index contributed by atoms with van der Waals surface area (Å²) in [6.45, 7) is 1.93. The van der Waals surface area contributed by atoms with E-state index in [-0.39, 0.29) is 0 Å². The molecule has 4 rings (SSSR count). The Morgan fingerprint density at radius 3 is 2.64 bits per heavy atom. The van der Waals surface area contributed by atoms with E-state index in [9.17, 15) is 13.2 Å². The highest BCUT2D eigenvalue weighted by Gasteiger charge is 2.31. The van der Waals surface area contributed by atoms with Crippen LogP contribution in [0.1, 0.15) is 30.1 Å². The van der Waals surface area contributed by atoms with Gasteiger partial charge in [0, 0.05) is 13.0 Å². The molecule has 1 aromatic carbocycles. The first-order chi connectivity index (χ1) is 11.9. The molecule has 0 radical (unpaired) electrons. The van der Waals surface area contributed by atoms with Gasteiger partial charge in [0.15, 0.2) is 11.6 Å². The van der Waals surface area contributed by atoms with Crippen molar-refractivity contribution >= 4 is 11.0 Å². The minimum absolute atomic E-state index is 0.376. The first-order valence-corrected chi connectivity index (χ1v) is 8.28. The maximum absolute atomic E-state index is 12.9. The van der Waals surface area contributed by atoms with Crippen molar-refractivity contribution in [3.63, 3.8) is 0 Å². The Kier molecular flexibility index (Phi) is 3.83. The summed E-state index contributed by atoms with van der Waals surface area (Å²) in [4.78, 5) is 4.45. The number of nitrogens with one attached hydrogen (secondary N) is 1. The fourth-order valence-electron chi connectivity index (χ4n) is 3.39. The van der Waals surface area contributed by atoms with Gasteiger partial charge in [-0.1, -0.05) is 0 Å². The summed E-state index contributed by atoms with van der Waals surface area (Å²) in [6, 6.07) is 7.39. The number of alkyl halides is 3. The van der Waals surface area contributed by atoms with Crippen LogP contribution in [0.15, 0.2) is 34.7 Å². The van der Waals surface area contributed by atoms with Gasteiger partial charge in [-0.2, -0.15) is 13.2 Å². The Hall–Kier alpha value is -2.28. The predicted molar refractivity (Wildman–Crippen MR) is 88.3 cm³/mol. The lowest BCUT2D eigenvalue weighted by Crippen LogP contribution is -2.26. The van der Waals surface area contributed by atoms with Crippen molar-refractivity contribution in [2.45, 2.75) is 24.9 Å². The van der Waals surface area contributed by atoms with E-state index in [1.54, 1.807) is 11.6 Å². The number of aromatic nitrogens is 2. The molecule has 1 N–H and O–H groups in total. The van der Waals surface area contributed by atoms with E-state index in [0.29, 0.717) is 28.5 Å². The first-order valence-electron chi connectivity index (χ1n) is 8.28. The lowest BCUT2D eigenvalue weighted by Gasteiger charge is -2.20. The van der Waals surface area contributed by atoms with Gasteiger partial charge < -0.3 is 14.3 Å². The fourth-order valence-corrected chi connectivity index (χ4v) is 3.39. The van der Waals surface area contributed by atoms with Crippen molar-refractivity contribution in [3.05, 3.63) is 41.7 Å². The minimum atomic E-state index is -4.37. The van der Waals surface area contributed by atoms with Crippen molar-refractivity contribution in [3.8, 4) is 11.6 Å². The van der Waals surface area contributed by atoms with Gasteiger partial charge in [-0.25, -0.2) is 4.98 Å². The molecule has 1 saturated heterocycles. The van der Waals surface area contributed by atoms with Gasteiger partial charge in [0.25, 0.3) is 0 Å². The van der Waals surface area contributed by atoms with Crippen LogP contribution in [0.25, 0.3) is 22.6 Å². The molecule has 25 heavy (non-hydrogen) atoms.